The Kier molecular flexibility index (Phi) is 5.35. The minimum Gasteiger partial charge on any atom is -0.286 e. The first-order chi connectivity index (χ1) is 15.5. The molecule has 4 aromatic rings. The first-order valence-corrected chi connectivity index (χ1v) is 11.7. The van der Waals surface area contributed by atoms with E-state index in [4.69, 9.17) is 0 Å². The predicted octanol–water partition coefficient (Wildman–Crippen LogP) is 4.45. The quantitative estimate of drug-likeness (QED) is 0.373. The van der Waals surface area contributed by atoms with Crippen molar-refractivity contribution in [2.24, 2.45) is 11.0 Å². The Labute approximate surface area is 189 Å². The minimum atomic E-state index is -0.720. The molecule has 2 atom stereocenters. The standard InChI is InChI=1S/C25H24N4O2S/c1-15-10-11-20-21(12-15)32-24-22(20)25(31)29(14-26-24)16(2)23(30)28-27-13-18-8-5-7-17-6-3-4-9-19(17)18/h3-9,13-16H,10-12H2,1-2H3,(H,28,30)/b27-13-/t15-,16-/m1/s1. The Hall–Kier alpha value is -3.32. The van der Waals surface area contributed by atoms with Gasteiger partial charge in [-0.05, 0) is 48.4 Å². The number of nitrogens with one attached hydrogen (secondary N) is 1. The monoisotopic (exact) mass is 444 g/mol. The van der Waals surface area contributed by atoms with Crippen LogP contribution in [0, 0.1) is 5.92 Å². The Morgan fingerprint density at radius 3 is 2.97 bits per heavy atom. The molecule has 0 aliphatic heterocycles. The number of carbonyl (C=O) groups excluding carboxylic acids is 1. The molecule has 32 heavy (non-hydrogen) atoms. The first-order valence-electron chi connectivity index (χ1n) is 10.8. The molecule has 5 rings (SSSR count). The molecular formula is C25H24N4O2S. The van der Waals surface area contributed by atoms with Gasteiger partial charge in [-0.1, -0.05) is 49.4 Å². The van der Waals surface area contributed by atoms with Gasteiger partial charge in [0.05, 0.1) is 17.9 Å². The van der Waals surface area contributed by atoms with Crippen molar-refractivity contribution in [1.29, 1.82) is 0 Å². The lowest BCUT2D eigenvalue weighted by Crippen LogP contribution is -2.34. The van der Waals surface area contributed by atoms with Crippen molar-refractivity contribution < 1.29 is 4.79 Å². The molecule has 1 amide bonds. The molecule has 2 aromatic carbocycles. The molecule has 2 heterocycles. The number of hydrogen-bond donors (Lipinski definition) is 1. The average molecular weight is 445 g/mol. The van der Waals surface area contributed by atoms with Gasteiger partial charge < -0.3 is 0 Å². The molecule has 0 spiro atoms. The highest BCUT2D eigenvalue weighted by atomic mass is 32.1. The van der Waals surface area contributed by atoms with Gasteiger partial charge in [0.1, 0.15) is 10.9 Å². The molecular weight excluding hydrogens is 420 g/mol. The highest BCUT2D eigenvalue weighted by Crippen LogP contribution is 2.35. The Balaban J connectivity index is 1.38. The van der Waals surface area contributed by atoms with Crippen LogP contribution in [0.25, 0.3) is 21.0 Å². The molecule has 6 nitrogen and oxygen atoms in total. The third kappa shape index (κ3) is 3.62. The van der Waals surface area contributed by atoms with Crippen molar-refractivity contribution in [2.45, 2.75) is 39.2 Å². The molecule has 0 saturated heterocycles. The van der Waals surface area contributed by atoms with Crippen LogP contribution >= 0.6 is 11.3 Å². The molecule has 0 radical (unpaired) electrons. The number of hydrogen-bond acceptors (Lipinski definition) is 5. The van der Waals surface area contributed by atoms with Crippen LogP contribution in [-0.2, 0) is 17.6 Å². The van der Waals surface area contributed by atoms with Crippen molar-refractivity contribution in [2.75, 3.05) is 0 Å². The Morgan fingerprint density at radius 1 is 1.28 bits per heavy atom. The van der Waals surface area contributed by atoms with Crippen molar-refractivity contribution in [3.8, 4) is 0 Å². The molecule has 1 N–H and O–H groups in total. The van der Waals surface area contributed by atoms with E-state index in [0.29, 0.717) is 11.3 Å². The summed E-state index contributed by atoms with van der Waals surface area (Å²) in [5.41, 5.74) is 4.46. The van der Waals surface area contributed by atoms with Crippen LogP contribution in [0.5, 0.6) is 0 Å². The summed E-state index contributed by atoms with van der Waals surface area (Å²) in [5.74, 6) is 0.268. The van der Waals surface area contributed by atoms with Crippen LogP contribution in [0.2, 0.25) is 0 Å². The van der Waals surface area contributed by atoms with E-state index in [-0.39, 0.29) is 11.5 Å². The van der Waals surface area contributed by atoms with Gasteiger partial charge in [-0.15, -0.1) is 11.3 Å². The van der Waals surface area contributed by atoms with Crippen molar-refractivity contribution in [1.82, 2.24) is 15.0 Å². The molecule has 1 aliphatic rings. The van der Waals surface area contributed by atoms with Crippen molar-refractivity contribution >= 4 is 44.4 Å². The Morgan fingerprint density at radius 2 is 2.09 bits per heavy atom. The number of nitrogens with zero attached hydrogens (tertiary/aromatic N) is 3. The SMILES string of the molecule is C[C@@H]1CCc2c(sc3ncn([C@H](C)C(=O)N/N=C\c4cccc5ccccc45)c(=O)c23)C1. The maximum absolute atomic E-state index is 13.2. The lowest BCUT2D eigenvalue weighted by molar-refractivity contribution is -0.123. The molecule has 0 unspecified atom stereocenters. The molecule has 0 bridgehead atoms. The van der Waals surface area contributed by atoms with E-state index in [2.05, 4.69) is 22.4 Å². The van der Waals surface area contributed by atoms with E-state index in [0.717, 1.165) is 46.0 Å². The summed E-state index contributed by atoms with van der Waals surface area (Å²) in [4.78, 5) is 32.5. The third-order valence-corrected chi connectivity index (χ3v) is 7.40. The molecule has 1 aliphatic carbocycles. The second-order valence-electron chi connectivity index (χ2n) is 8.47. The number of rotatable bonds is 4. The van der Waals surface area contributed by atoms with E-state index in [1.165, 1.54) is 15.8 Å². The summed E-state index contributed by atoms with van der Waals surface area (Å²) in [6, 6.07) is 13.2. The van der Waals surface area contributed by atoms with Crippen LogP contribution < -0.4 is 11.0 Å². The predicted molar refractivity (Wildman–Crippen MR) is 129 cm³/mol. The summed E-state index contributed by atoms with van der Waals surface area (Å²) < 4.78 is 1.41. The number of hydrazone groups is 1. The lowest BCUT2D eigenvalue weighted by Gasteiger charge is -2.18. The number of aromatic nitrogens is 2. The van der Waals surface area contributed by atoms with Gasteiger partial charge in [-0.25, -0.2) is 10.4 Å². The fraction of sp³-hybridized carbons (Fsp3) is 0.280. The molecule has 2 aromatic heterocycles. The molecule has 0 fully saturated rings. The summed E-state index contributed by atoms with van der Waals surface area (Å²) in [5, 5.41) is 6.99. The van der Waals surface area contributed by atoms with E-state index >= 15 is 0 Å². The van der Waals surface area contributed by atoms with Crippen LogP contribution in [0.1, 0.15) is 42.3 Å². The minimum absolute atomic E-state index is 0.150. The lowest BCUT2D eigenvalue weighted by atomic mass is 9.89. The zero-order chi connectivity index (χ0) is 22.2. The molecule has 0 saturated carbocycles. The van der Waals surface area contributed by atoms with Crippen molar-refractivity contribution in [3.63, 3.8) is 0 Å². The van der Waals surface area contributed by atoms with E-state index in [1.54, 1.807) is 24.5 Å². The number of thiophene rings is 1. The smallest absolute Gasteiger partial charge is 0.263 e. The number of carbonyl (C=O) groups is 1. The molecule has 162 valence electrons. The Bertz CT molecular complexity index is 1410. The largest absolute Gasteiger partial charge is 0.286 e. The maximum atomic E-state index is 13.2. The van der Waals surface area contributed by atoms with Crippen LogP contribution in [0.3, 0.4) is 0 Å². The maximum Gasteiger partial charge on any atom is 0.263 e. The summed E-state index contributed by atoms with van der Waals surface area (Å²) in [6.45, 7) is 3.93. The van der Waals surface area contributed by atoms with E-state index in [9.17, 15) is 9.59 Å². The number of fused-ring (bicyclic) bond motifs is 4. The van der Waals surface area contributed by atoms with Crippen LogP contribution in [0.15, 0.2) is 58.7 Å². The topological polar surface area (TPSA) is 76.3 Å². The summed E-state index contributed by atoms with van der Waals surface area (Å²) in [7, 11) is 0. The van der Waals surface area contributed by atoms with Gasteiger partial charge in [-0.2, -0.15) is 5.10 Å². The summed E-state index contributed by atoms with van der Waals surface area (Å²) >= 11 is 1.61. The van der Waals surface area contributed by atoms with E-state index < -0.39 is 6.04 Å². The van der Waals surface area contributed by atoms with Crippen LogP contribution in [0.4, 0.5) is 0 Å². The second-order valence-corrected chi connectivity index (χ2v) is 9.55. The van der Waals surface area contributed by atoms with Crippen LogP contribution in [-0.4, -0.2) is 21.7 Å². The normalized spacial score (nSPS) is 17.0. The number of benzene rings is 2. The zero-order valence-corrected chi connectivity index (χ0v) is 18.9. The summed E-state index contributed by atoms with van der Waals surface area (Å²) in [6.07, 6.45) is 6.08. The highest BCUT2D eigenvalue weighted by molar-refractivity contribution is 7.18. The average Bonchev–Trinajstić information content (AvgIpc) is 3.17. The fourth-order valence-electron chi connectivity index (χ4n) is 4.37. The van der Waals surface area contributed by atoms with Crippen molar-refractivity contribution in [3.05, 3.63) is 75.1 Å². The number of aryl methyl sites for hydroxylation is 1. The highest BCUT2D eigenvalue weighted by Gasteiger charge is 2.25. The van der Waals surface area contributed by atoms with Gasteiger partial charge in [-0.3, -0.25) is 14.2 Å². The molecule has 7 heteroatoms. The van der Waals surface area contributed by atoms with Gasteiger partial charge in [0, 0.05) is 10.4 Å². The number of amides is 1. The van der Waals surface area contributed by atoms with Gasteiger partial charge in [0.25, 0.3) is 11.5 Å². The fourth-order valence-corrected chi connectivity index (χ4v) is 5.71. The van der Waals surface area contributed by atoms with E-state index in [1.807, 2.05) is 42.5 Å². The first kappa shape index (κ1) is 20.6. The van der Waals surface area contributed by atoms with Gasteiger partial charge in [0.15, 0.2) is 0 Å². The van der Waals surface area contributed by atoms with Gasteiger partial charge in [0.2, 0.25) is 0 Å². The zero-order valence-electron chi connectivity index (χ0n) is 18.0. The third-order valence-electron chi connectivity index (χ3n) is 6.24. The van der Waals surface area contributed by atoms with Gasteiger partial charge >= 0.3 is 0 Å². The second kappa shape index (κ2) is 8.31.